The molecule has 0 spiro atoms. The number of hydrogen-bond acceptors (Lipinski definition) is 2. The predicted octanol–water partition coefficient (Wildman–Crippen LogP) is 3.79. The predicted molar refractivity (Wildman–Crippen MR) is 86.2 cm³/mol. The second kappa shape index (κ2) is 6.55. The van der Waals surface area contributed by atoms with Gasteiger partial charge in [0.05, 0.1) is 9.46 Å². The van der Waals surface area contributed by atoms with Gasteiger partial charge in [-0.1, -0.05) is 63.1 Å². The molecular weight excluding hydrogens is 353 g/mol. The Hall–Kier alpha value is -0.130. The van der Waals surface area contributed by atoms with Gasteiger partial charge < -0.3 is 0 Å². The van der Waals surface area contributed by atoms with Crippen molar-refractivity contribution in [3.05, 3.63) is 0 Å². The Balaban J connectivity index is 3.27. The SMILES string of the molecule is CCC(C)C1(C(C)CC)CCC(=O)N1C(=O)C(C)I. The minimum atomic E-state index is -0.267. The van der Waals surface area contributed by atoms with Gasteiger partial charge in [0.1, 0.15) is 0 Å². The molecule has 0 N–H and O–H groups in total. The monoisotopic (exact) mass is 379 g/mol. The van der Waals surface area contributed by atoms with Gasteiger partial charge in [0, 0.05) is 6.42 Å². The molecule has 0 aliphatic carbocycles. The van der Waals surface area contributed by atoms with E-state index in [0.29, 0.717) is 18.3 Å². The first-order chi connectivity index (χ1) is 8.82. The van der Waals surface area contributed by atoms with E-state index in [-0.39, 0.29) is 21.3 Å². The van der Waals surface area contributed by atoms with E-state index in [9.17, 15) is 9.59 Å². The molecule has 1 aliphatic rings. The zero-order valence-electron chi connectivity index (χ0n) is 12.7. The lowest BCUT2D eigenvalue weighted by Crippen LogP contribution is -2.58. The summed E-state index contributed by atoms with van der Waals surface area (Å²) < 4.78 is -0.146. The third-order valence-corrected chi connectivity index (χ3v) is 5.43. The number of nitrogens with zero attached hydrogens (tertiary/aromatic N) is 1. The van der Waals surface area contributed by atoms with E-state index in [1.165, 1.54) is 0 Å². The van der Waals surface area contributed by atoms with E-state index >= 15 is 0 Å². The van der Waals surface area contributed by atoms with Crippen LogP contribution in [0.5, 0.6) is 0 Å². The molecule has 0 saturated carbocycles. The molecule has 110 valence electrons. The largest absolute Gasteiger partial charge is 0.275 e. The summed E-state index contributed by atoms with van der Waals surface area (Å²) in [6, 6.07) is 0. The average molecular weight is 379 g/mol. The van der Waals surface area contributed by atoms with Gasteiger partial charge in [-0.3, -0.25) is 14.5 Å². The summed E-state index contributed by atoms with van der Waals surface area (Å²) in [6.07, 6.45) is 3.34. The van der Waals surface area contributed by atoms with Gasteiger partial charge in [0.25, 0.3) is 0 Å². The topological polar surface area (TPSA) is 37.4 Å². The van der Waals surface area contributed by atoms with Crippen molar-refractivity contribution in [1.29, 1.82) is 0 Å². The number of imide groups is 1. The fourth-order valence-corrected chi connectivity index (χ4v) is 3.67. The first-order valence-corrected chi connectivity index (χ1v) is 8.58. The molecule has 3 atom stereocenters. The van der Waals surface area contributed by atoms with Crippen LogP contribution < -0.4 is 0 Å². The molecule has 3 unspecified atom stereocenters. The van der Waals surface area contributed by atoms with Crippen LogP contribution in [0.4, 0.5) is 0 Å². The Bertz CT molecular complexity index is 344. The molecule has 0 bridgehead atoms. The fraction of sp³-hybridized carbons (Fsp3) is 0.867. The maximum absolute atomic E-state index is 12.5. The lowest BCUT2D eigenvalue weighted by molar-refractivity contribution is -0.151. The van der Waals surface area contributed by atoms with Crippen molar-refractivity contribution >= 4 is 34.4 Å². The summed E-state index contributed by atoms with van der Waals surface area (Å²) in [4.78, 5) is 26.4. The highest BCUT2D eigenvalue weighted by Gasteiger charge is 2.54. The second-order valence-electron chi connectivity index (χ2n) is 5.79. The number of likely N-dealkylation sites (tertiary alicyclic amines) is 1. The average Bonchev–Trinajstić information content (AvgIpc) is 2.74. The number of amides is 2. The molecule has 1 aliphatic heterocycles. The number of carbonyl (C=O) groups is 2. The summed E-state index contributed by atoms with van der Waals surface area (Å²) >= 11 is 2.11. The minimum absolute atomic E-state index is 0.0105. The highest BCUT2D eigenvalue weighted by Crippen LogP contribution is 2.45. The first kappa shape index (κ1) is 16.9. The zero-order valence-corrected chi connectivity index (χ0v) is 14.9. The second-order valence-corrected chi connectivity index (χ2v) is 7.66. The Morgan fingerprint density at radius 1 is 1.26 bits per heavy atom. The van der Waals surface area contributed by atoms with Crippen LogP contribution in [-0.2, 0) is 9.59 Å². The highest BCUT2D eigenvalue weighted by molar-refractivity contribution is 14.1. The third-order valence-electron chi connectivity index (χ3n) is 4.90. The van der Waals surface area contributed by atoms with Crippen LogP contribution in [-0.4, -0.2) is 26.2 Å². The Kier molecular flexibility index (Phi) is 5.83. The van der Waals surface area contributed by atoms with Gasteiger partial charge in [-0.15, -0.1) is 0 Å². The first-order valence-electron chi connectivity index (χ1n) is 7.33. The summed E-state index contributed by atoms with van der Waals surface area (Å²) in [5, 5.41) is 0. The van der Waals surface area contributed by atoms with Crippen LogP contribution in [0.1, 0.15) is 60.3 Å². The van der Waals surface area contributed by atoms with Crippen LogP contribution in [0.2, 0.25) is 0 Å². The van der Waals surface area contributed by atoms with Gasteiger partial charge in [-0.05, 0) is 25.2 Å². The van der Waals surface area contributed by atoms with Gasteiger partial charge >= 0.3 is 0 Å². The zero-order chi connectivity index (χ0) is 14.8. The van der Waals surface area contributed by atoms with E-state index in [1.54, 1.807) is 4.90 Å². The Morgan fingerprint density at radius 2 is 1.74 bits per heavy atom. The molecule has 1 rings (SSSR count). The van der Waals surface area contributed by atoms with Crippen molar-refractivity contribution < 1.29 is 9.59 Å². The summed E-state index contributed by atoms with van der Waals surface area (Å²) in [7, 11) is 0. The molecule has 0 aromatic carbocycles. The maximum atomic E-state index is 12.5. The highest BCUT2D eigenvalue weighted by atomic mass is 127. The normalized spacial score (nSPS) is 28.3. The van der Waals surface area contributed by atoms with Crippen LogP contribution in [0.15, 0.2) is 0 Å². The van der Waals surface area contributed by atoms with Gasteiger partial charge in [0.2, 0.25) is 11.8 Å². The van der Waals surface area contributed by atoms with Crippen molar-refractivity contribution in [3.63, 3.8) is 0 Å². The van der Waals surface area contributed by atoms with Crippen molar-refractivity contribution in [2.75, 3.05) is 0 Å². The molecule has 4 heteroatoms. The number of hydrogen-bond donors (Lipinski definition) is 0. The lowest BCUT2D eigenvalue weighted by atomic mass is 9.71. The molecule has 1 fully saturated rings. The van der Waals surface area contributed by atoms with Crippen molar-refractivity contribution in [1.82, 2.24) is 4.90 Å². The minimum Gasteiger partial charge on any atom is -0.275 e. The summed E-state index contributed by atoms with van der Waals surface area (Å²) in [5.74, 6) is 0.721. The molecule has 2 amide bonds. The Morgan fingerprint density at radius 3 is 2.11 bits per heavy atom. The van der Waals surface area contributed by atoms with Crippen LogP contribution in [0, 0.1) is 11.8 Å². The van der Waals surface area contributed by atoms with Crippen LogP contribution >= 0.6 is 22.6 Å². The number of carbonyl (C=O) groups excluding carboxylic acids is 2. The van der Waals surface area contributed by atoms with Crippen LogP contribution in [0.3, 0.4) is 0 Å². The van der Waals surface area contributed by atoms with Gasteiger partial charge in [0.15, 0.2) is 0 Å². The molecule has 3 nitrogen and oxygen atoms in total. The molecule has 0 aromatic heterocycles. The number of alkyl halides is 1. The fourth-order valence-electron chi connectivity index (χ4n) is 3.40. The molecule has 1 saturated heterocycles. The van der Waals surface area contributed by atoms with Gasteiger partial charge in [-0.2, -0.15) is 0 Å². The quantitative estimate of drug-likeness (QED) is 0.539. The molecular formula is C15H26INO2. The van der Waals surface area contributed by atoms with Crippen molar-refractivity contribution in [2.45, 2.75) is 69.8 Å². The standard InChI is InChI=1S/C15H26INO2/c1-6-10(3)15(11(4)7-2)9-8-13(18)17(15)14(19)12(5)16/h10-12H,6-9H2,1-5H3. The molecule has 0 radical (unpaired) electrons. The summed E-state index contributed by atoms with van der Waals surface area (Å²) in [6.45, 7) is 10.5. The van der Waals surface area contributed by atoms with Crippen molar-refractivity contribution in [3.8, 4) is 0 Å². The Labute approximate surface area is 130 Å². The number of rotatable bonds is 5. The van der Waals surface area contributed by atoms with Crippen LogP contribution in [0.25, 0.3) is 0 Å². The molecule has 0 aromatic rings. The smallest absolute Gasteiger partial charge is 0.242 e. The van der Waals surface area contributed by atoms with E-state index in [2.05, 4.69) is 50.3 Å². The summed E-state index contributed by atoms with van der Waals surface area (Å²) in [5.41, 5.74) is -0.267. The maximum Gasteiger partial charge on any atom is 0.242 e. The van der Waals surface area contributed by atoms with Crippen molar-refractivity contribution in [2.24, 2.45) is 11.8 Å². The van der Waals surface area contributed by atoms with E-state index in [4.69, 9.17) is 0 Å². The molecule has 19 heavy (non-hydrogen) atoms. The lowest BCUT2D eigenvalue weighted by Gasteiger charge is -2.46. The van der Waals surface area contributed by atoms with E-state index in [0.717, 1.165) is 19.3 Å². The van der Waals surface area contributed by atoms with E-state index < -0.39 is 0 Å². The van der Waals surface area contributed by atoms with E-state index in [1.807, 2.05) is 6.92 Å². The number of halogens is 1. The molecule has 1 heterocycles. The van der Waals surface area contributed by atoms with Gasteiger partial charge in [-0.25, -0.2) is 0 Å². The third kappa shape index (κ3) is 2.83.